The fraction of sp³-hybridized carbons (Fsp3) is 0.462. The van der Waals surface area contributed by atoms with Crippen LogP contribution in [0.1, 0.15) is 9.75 Å². The molecule has 5 heteroatoms. The number of nitrogens with one attached hydrogen (secondary N) is 2. The maximum atomic E-state index is 4.20. The molecule has 0 amide bonds. The zero-order chi connectivity index (χ0) is 13.2. The lowest BCUT2D eigenvalue weighted by Gasteiger charge is -2.10. The van der Waals surface area contributed by atoms with Crippen molar-refractivity contribution in [2.24, 2.45) is 4.99 Å². The minimum atomic E-state index is 0.831. The van der Waals surface area contributed by atoms with Gasteiger partial charge >= 0.3 is 0 Å². The average molecular weight is 283 g/mol. The maximum absolute atomic E-state index is 4.20. The van der Waals surface area contributed by atoms with Crippen LogP contribution >= 0.6 is 23.1 Å². The summed E-state index contributed by atoms with van der Waals surface area (Å²) in [6.07, 6.45) is 1.93. The number of hydrogen-bond donors (Lipinski definition) is 2. The summed E-state index contributed by atoms with van der Waals surface area (Å²) in [6, 6.07) is 4.30. The van der Waals surface area contributed by atoms with Gasteiger partial charge < -0.3 is 10.6 Å². The second-order valence-electron chi connectivity index (χ2n) is 3.73. The van der Waals surface area contributed by atoms with Crippen molar-refractivity contribution in [2.45, 2.75) is 13.5 Å². The normalized spacial score (nSPS) is 11.3. The molecule has 100 valence electrons. The Morgan fingerprint density at radius 2 is 2.33 bits per heavy atom. The van der Waals surface area contributed by atoms with Gasteiger partial charge in [-0.15, -0.1) is 17.9 Å². The highest BCUT2D eigenvalue weighted by atomic mass is 32.2. The zero-order valence-electron chi connectivity index (χ0n) is 11.0. The van der Waals surface area contributed by atoms with Crippen LogP contribution in [-0.2, 0) is 6.54 Å². The van der Waals surface area contributed by atoms with E-state index in [1.54, 1.807) is 7.05 Å². The summed E-state index contributed by atoms with van der Waals surface area (Å²) in [6.45, 7) is 7.57. The van der Waals surface area contributed by atoms with Gasteiger partial charge in [0.05, 0.1) is 6.54 Å². The number of aryl methyl sites for hydroxylation is 1. The van der Waals surface area contributed by atoms with Gasteiger partial charge in [0, 0.05) is 34.9 Å². The highest BCUT2D eigenvalue weighted by molar-refractivity contribution is 7.99. The van der Waals surface area contributed by atoms with E-state index in [1.807, 2.05) is 29.2 Å². The van der Waals surface area contributed by atoms with E-state index < -0.39 is 0 Å². The van der Waals surface area contributed by atoms with E-state index in [9.17, 15) is 0 Å². The Hall–Kier alpha value is -0.940. The molecule has 1 aromatic rings. The monoisotopic (exact) mass is 283 g/mol. The van der Waals surface area contributed by atoms with Crippen LogP contribution in [0.3, 0.4) is 0 Å². The van der Waals surface area contributed by atoms with E-state index in [0.717, 1.165) is 30.6 Å². The molecule has 0 atom stereocenters. The lowest BCUT2D eigenvalue weighted by atomic mass is 10.4. The Morgan fingerprint density at radius 1 is 1.50 bits per heavy atom. The van der Waals surface area contributed by atoms with Gasteiger partial charge in [0.15, 0.2) is 5.96 Å². The summed E-state index contributed by atoms with van der Waals surface area (Å²) >= 11 is 3.68. The number of thioether (sulfide) groups is 1. The smallest absolute Gasteiger partial charge is 0.191 e. The summed E-state index contributed by atoms with van der Waals surface area (Å²) in [5, 5.41) is 6.60. The largest absolute Gasteiger partial charge is 0.356 e. The van der Waals surface area contributed by atoms with Crippen molar-refractivity contribution in [1.29, 1.82) is 0 Å². The molecule has 2 N–H and O–H groups in total. The van der Waals surface area contributed by atoms with Crippen molar-refractivity contribution in [3.8, 4) is 0 Å². The zero-order valence-corrected chi connectivity index (χ0v) is 12.7. The Labute approximate surface area is 118 Å². The molecule has 3 nitrogen and oxygen atoms in total. The van der Waals surface area contributed by atoms with Gasteiger partial charge in [-0.1, -0.05) is 6.08 Å². The van der Waals surface area contributed by atoms with Gasteiger partial charge in [0.25, 0.3) is 0 Å². The van der Waals surface area contributed by atoms with E-state index in [2.05, 4.69) is 41.3 Å². The SMILES string of the molecule is C=CCSCCNC(=NC)NCc1ccc(C)s1. The van der Waals surface area contributed by atoms with Crippen LogP contribution in [0.25, 0.3) is 0 Å². The molecular formula is C13H21N3S2. The molecule has 0 aliphatic rings. The highest BCUT2D eigenvalue weighted by Gasteiger charge is 1.99. The molecule has 0 bridgehead atoms. The molecule has 0 aliphatic carbocycles. The Morgan fingerprint density at radius 3 is 2.94 bits per heavy atom. The summed E-state index contributed by atoms with van der Waals surface area (Å²) in [5.41, 5.74) is 0. The third kappa shape index (κ3) is 6.12. The predicted octanol–water partition coefficient (Wildman–Crippen LogP) is 2.64. The summed E-state index contributed by atoms with van der Waals surface area (Å²) in [5.74, 6) is 2.92. The number of hydrogen-bond acceptors (Lipinski definition) is 3. The number of rotatable bonds is 7. The minimum absolute atomic E-state index is 0.831. The number of aliphatic imine (C=N–C) groups is 1. The van der Waals surface area contributed by atoms with Gasteiger partial charge in [-0.2, -0.15) is 11.8 Å². The van der Waals surface area contributed by atoms with Crippen LogP contribution in [0.4, 0.5) is 0 Å². The second-order valence-corrected chi connectivity index (χ2v) is 6.25. The van der Waals surface area contributed by atoms with Crippen molar-refractivity contribution in [1.82, 2.24) is 10.6 Å². The molecule has 18 heavy (non-hydrogen) atoms. The summed E-state index contributed by atoms with van der Waals surface area (Å²) in [4.78, 5) is 6.87. The van der Waals surface area contributed by atoms with Crippen LogP contribution in [0.15, 0.2) is 29.8 Å². The Kier molecular flexibility index (Phi) is 7.60. The molecule has 0 aromatic carbocycles. The molecule has 1 heterocycles. The van der Waals surface area contributed by atoms with Crippen molar-refractivity contribution in [3.63, 3.8) is 0 Å². The third-order valence-electron chi connectivity index (χ3n) is 2.22. The fourth-order valence-corrected chi connectivity index (χ4v) is 2.79. The minimum Gasteiger partial charge on any atom is -0.356 e. The fourth-order valence-electron chi connectivity index (χ4n) is 1.38. The van der Waals surface area contributed by atoms with Crippen molar-refractivity contribution in [2.75, 3.05) is 25.1 Å². The van der Waals surface area contributed by atoms with E-state index >= 15 is 0 Å². The summed E-state index contributed by atoms with van der Waals surface area (Å²) in [7, 11) is 1.80. The molecule has 0 radical (unpaired) electrons. The predicted molar refractivity (Wildman–Crippen MR) is 84.8 cm³/mol. The van der Waals surface area contributed by atoms with Crippen molar-refractivity contribution >= 4 is 29.1 Å². The lowest BCUT2D eigenvalue weighted by Crippen LogP contribution is -2.37. The van der Waals surface area contributed by atoms with E-state index in [0.29, 0.717) is 0 Å². The van der Waals surface area contributed by atoms with Gasteiger partial charge in [-0.3, -0.25) is 4.99 Å². The Balaban J connectivity index is 2.19. The van der Waals surface area contributed by atoms with Gasteiger partial charge in [0.2, 0.25) is 0 Å². The van der Waals surface area contributed by atoms with Crippen LogP contribution in [-0.4, -0.2) is 31.1 Å². The Bertz CT molecular complexity index is 385. The molecule has 0 aliphatic heterocycles. The number of thiophene rings is 1. The lowest BCUT2D eigenvalue weighted by molar-refractivity contribution is 0.841. The van der Waals surface area contributed by atoms with Gasteiger partial charge in [-0.25, -0.2) is 0 Å². The van der Waals surface area contributed by atoms with E-state index in [-0.39, 0.29) is 0 Å². The molecule has 1 aromatic heterocycles. The topological polar surface area (TPSA) is 36.4 Å². The molecule has 0 saturated heterocycles. The van der Waals surface area contributed by atoms with E-state index in [1.165, 1.54) is 9.75 Å². The first-order chi connectivity index (χ1) is 8.76. The molecule has 1 rings (SSSR count). The summed E-state index contributed by atoms with van der Waals surface area (Å²) < 4.78 is 0. The number of nitrogens with zero attached hydrogens (tertiary/aromatic N) is 1. The maximum Gasteiger partial charge on any atom is 0.191 e. The van der Waals surface area contributed by atoms with Crippen LogP contribution in [0, 0.1) is 6.92 Å². The quantitative estimate of drug-likeness (QED) is 0.349. The first-order valence-corrected chi connectivity index (χ1v) is 7.92. The second kappa shape index (κ2) is 9.05. The van der Waals surface area contributed by atoms with Crippen LogP contribution in [0.5, 0.6) is 0 Å². The van der Waals surface area contributed by atoms with Gasteiger partial charge in [0.1, 0.15) is 0 Å². The van der Waals surface area contributed by atoms with Crippen LogP contribution in [0.2, 0.25) is 0 Å². The van der Waals surface area contributed by atoms with Gasteiger partial charge in [-0.05, 0) is 19.1 Å². The third-order valence-corrected chi connectivity index (χ3v) is 4.19. The molecule has 0 saturated carbocycles. The number of guanidine groups is 1. The molecule has 0 spiro atoms. The van der Waals surface area contributed by atoms with Crippen molar-refractivity contribution in [3.05, 3.63) is 34.5 Å². The highest BCUT2D eigenvalue weighted by Crippen LogP contribution is 2.14. The first kappa shape index (κ1) is 15.1. The average Bonchev–Trinajstić information content (AvgIpc) is 2.78. The first-order valence-electron chi connectivity index (χ1n) is 5.94. The van der Waals surface area contributed by atoms with Crippen LogP contribution < -0.4 is 10.6 Å². The van der Waals surface area contributed by atoms with E-state index in [4.69, 9.17) is 0 Å². The molecule has 0 unspecified atom stereocenters. The molecule has 0 fully saturated rings. The van der Waals surface area contributed by atoms with Crippen molar-refractivity contribution < 1.29 is 0 Å². The standard InChI is InChI=1S/C13H21N3S2/c1-4-8-17-9-7-15-13(14-3)16-10-12-6-5-11(2)18-12/h4-6H,1,7-10H2,2-3H3,(H2,14,15,16). The molecular weight excluding hydrogens is 262 g/mol.